The molecule has 0 aliphatic heterocycles. The molecule has 0 aliphatic rings. The van der Waals surface area contributed by atoms with Crippen LogP contribution in [-0.2, 0) is 0 Å². The maximum Gasteiger partial charge on any atom is 0.0334 e. The Bertz CT molecular complexity index is 418. The average molecular weight is 248 g/mol. The summed E-state index contributed by atoms with van der Waals surface area (Å²) >= 11 is 5.70. The van der Waals surface area contributed by atoms with E-state index < -0.39 is 0 Å². The van der Waals surface area contributed by atoms with Crippen LogP contribution in [0.1, 0.15) is 25.8 Å². The van der Waals surface area contributed by atoms with Gasteiger partial charge in [0.25, 0.3) is 0 Å². The molecule has 17 heavy (non-hydrogen) atoms. The molecule has 0 saturated heterocycles. The van der Waals surface area contributed by atoms with Gasteiger partial charge in [0.05, 0.1) is 0 Å². The van der Waals surface area contributed by atoms with Gasteiger partial charge in [0.1, 0.15) is 0 Å². The lowest BCUT2D eigenvalue weighted by Crippen LogP contribution is -1.97. The van der Waals surface area contributed by atoms with Gasteiger partial charge < -0.3 is 0 Å². The molecule has 1 atom stereocenters. The molecule has 2 heteroatoms. The van der Waals surface area contributed by atoms with E-state index in [9.17, 15) is 0 Å². The molecule has 0 fully saturated rings. The van der Waals surface area contributed by atoms with Crippen molar-refractivity contribution < 1.29 is 0 Å². The van der Waals surface area contributed by atoms with Gasteiger partial charge in [-0.15, -0.1) is 0 Å². The molecule has 0 saturated carbocycles. The summed E-state index contributed by atoms with van der Waals surface area (Å²) in [6.07, 6.45) is 10.6. The molecule has 1 aromatic heterocycles. The van der Waals surface area contributed by atoms with Crippen molar-refractivity contribution in [3.63, 3.8) is 0 Å². The summed E-state index contributed by atoms with van der Waals surface area (Å²) in [4.78, 5) is 4.04. The van der Waals surface area contributed by atoms with Gasteiger partial charge in [-0.05, 0) is 41.7 Å². The molecule has 0 bridgehead atoms. The van der Waals surface area contributed by atoms with Crippen molar-refractivity contribution in [2.75, 3.05) is 0 Å². The highest BCUT2D eigenvalue weighted by atomic mass is 35.5. The van der Waals surface area contributed by atoms with Gasteiger partial charge in [-0.3, -0.25) is 4.98 Å². The topological polar surface area (TPSA) is 12.9 Å². The molecule has 0 N–H and O–H groups in total. The third-order valence-electron chi connectivity index (χ3n) is 2.71. The van der Waals surface area contributed by atoms with Gasteiger partial charge >= 0.3 is 0 Å². The fraction of sp³-hybridized carbons (Fsp3) is 0.267. The van der Waals surface area contributed by atoms with Crippen molar-refractivity contribution in [2.45, 2.75) is 20.3 Å². The summed E-state index contributed by atoms with van der Waals surface area (Å²) in [5.74, 6) is 0.505. The summed E-state index contributed by atoms with van der Waals surface area (Å²) in [5.41, 5.74) is 2.50. The standard InChI is InChI=1S/C15H18ClN/c1-4-12(2)15(7-5-6-13(3)16)14-8-10-17-11-9-14/h5-12H,3-4H2,1-2H3/b6-5-,15-7+. The van der Waals surface area contributed by atoms with Gasteiger partial charge in [-0.1, -0.05) is 44.2 Å². The summed E-state index contributed by atoms with van der Waals surface area (Å²) in [6.45, 7) is 8.03. The maximum atomic E-state index is 5.70. The van der Waals surface area contributed by atoms with E-state index in [2.05, 4.69) is 31.5 Å². The third kappa shape index (κ3) is 4.58. The molecule has 1 heterocycles. The smallest absolute Gasteiger partial charge is 0.0334 e. The van der Waals surface area contributed by atoms with Gasteiger partial charge in [-0.2, -0.15) is 0 Å². The number of hydrogen-bond acceptors (Lipinski definition) is 1. The molecule has 0 aromatic carbocycles. The van der Waals surface area contributed by atoms with Crippen LogP contribution in [0.2, 0.25) is 0 Å². The van der Waals surface area contributed by atoms with Crippen LogP contribution in [0, 0.1) is 5.92 Å². The summed E-state index contributed by atoms with van der Waals surface area (Å²) < 4.78 is 0. The number of rotatable bonds is 5. The Labute approximate surface area is 109 Å². The minimum Gasteiger partial charge on any atom is -0.265 e. The molecule has 0 amide bonds. The number of halogens is 1. The predicted molar refractivity (Wildman–Crippen MR) is 75.8 cm³/mol. The Hall–Kier alpha value is -1.34. The predicted octanol–water partition coefficient (Wildman–Crippen LogP) is 4.82. The second-order valence-corrected chi connectivity index (χ2v) is 4.46. The van der Waals surface area contributed by atoms with E-state index in [1.54, 1.807) is 6.08 Å². The third-order valence-corrected chi connectivity index (χ3v) is 2.84. The Morgan fingerprint density at radius 3 is 2.65 bits per heavy atom. The first-order valence-corrected chi connectivity index (χ1v) is 6.16. The zero-order chi connectivity index (χ0) is 12.7. The van der Waals surface area contributed by atoms with Crippen molar-refractivity contribution in [1.82, 2.24) is 4.98 Å². The Balaban J connectivity index is 3.00. The van der Waals surface area contributed by atoms with Crippen molar-refractivity contribution in [2.24, 2.45) is 5.92 Å². The minimum atomic E-state index is 0.505. The Morgan fingerprint density at radius 2 is 2.12 bits per heavy atom. The Morgan fingerprint density at radius 1 is 1.47 bits per heavy atom. The zero-order valence-corrected chi connectivity index (χ0v) is 11.1. The Kier molecular flexibility index (Phi) is 5.71. The first-order chi connectivity index (χ1) is 8.15. The van der Waals surface area contributed by atoms with Crippen LogP contribution in [0.4, 0.5) is 0 Å². The highest BCUT2D eigenvalue weighted by Gasteiger charge is 2.07. The first-order valence-electron chi connectivity index (χ1n) is 5.78. The number of hydrogen-bond donors (Lipinski definition) is 0. The molecule has 0 aliphatic carbocycles. The normalized spacial score (nSPS) is 13.9. The van der Waals surface area contributed by atoms with Crippen molar-refractivity contribution in [3.05, 3.63) is 59.9 Å². The van der Waals surface area contributed by atoms with Gasteiger partial charge in [0.15, 0.2) is 0 Å². The molecule has 0 spiro atoms. The van der Waals surface area contributed by atoms with E-state index in [1.807, 2.05) is 30.6 Å². The molecule has 1 rings (SSSR count). The summed E-state index contributed by atoms with van der Waals surface area (Å²) in [5, 5.41) is 0.541. The van der Waals surface area contributed by atoms with E-state index in [4.69, 9.17) is 11.6 Å². The molecule has 1 unspecified atom stereocenters. The van der Waals surface area contributed by atoms with Crippen LogP contribution in [0.3, 0.4) is 0 Å². The number of nitrogens with zero attached hydrogens (tertiary/aromatic N) is 1. The highest BCUT2D eigenvalue weighted by Crippen LogP contribution is 2.25. The number of pyridine rings is 1. The van der Waals surface area contributed by atoms with Crippen LogP contribution in [-0.4, -0.2) is 4.98 Å². The molecular formula is C15H18ClN. The van der Waals surface area contributed by atoms with Crippen LogP contribution < -0.4 is 0 Å². The van der Waals surface area contributed by atoms with Crippen LogP contribution in [0.15, 0.2) is 54.4 Å². The fourth-order valence-electron chi connectivity index (χ4n) is 1.57. The van der Waals surface area contributed by atoms with E-state index in [-0.39, 0.29) is 0 Å². The monoisotopic (exact) mass is 247 g/mol. The zero-order valence-electron chi connectivity index (χ0n) is 10.4. The largest absolute Gasteiger partial charge is 0.265 e. The second kappa shape index (κ2) is 7.08. The molecular weight excluding hydrogens is 230 g/mol. The lowest BCUT2D eigenvalue weighted by atomic mass is 9.92. The average Bonchev–Trinajstić information content (AvgIpc) is 2.34. The summed E-state index contributed by atoms with van der Waals surface area (Å²) in [7, 11) is 0. The van der Waals surface area contributed by atoms with E-state index in [0.717, 1.165) is 6.42 Å². The highest BCUT2D eigenvalue weighted by molar-refractivity contribution is 6.30. The molecule has 1 aromatic rings. The van der Waals surface area contributed by atoms with Crippen molar-refractivity contribution in [1.29, 1.82) is 0 Å². The summed E-state index contributed by atoms with van der Waals surface area (Å²) in [6, 6.07) is 4.06. The lowest BCUT2D eigenvalue weighted by molar-refractivity contribution is 0.717. The molecule has 1 nitrogen and oxygen atoms in total. The van der Waals surface area contributed by atoms with Crippen LogP contribution >= 0.6 is 11.6 Å². The first kappa shape index (κ1) is 13.7. The lowest BCUT2D eigenvalue weighted by Gasteiger charge is -2.13. The minimum absolute atomic E-state index is 0.505. The van der Waals surface area contributed by atoms with Gasteiger partial charge in [0, 0.05) is 17.4 Å². The maximum absolute atomic E-state index is 5.70. The van der Waals surface area contributed by atoms with Gasteiger partial charge in [-0.25, -0.2) is 0 Å². The molecule has 0 radical (unpaired) electrons. The number of aromatic nitrogens is 1. The van der Waals surface area contributed by atoms with E-state index in [1.165, 1.54) is 11.1 Å². The fourth-order valence-corrected chi connectivity index (χ4v) is 1.64. The number of allylic oxidation sites excluding steroid dienone is 5. The van der Waals surface area contributed by atoms with Gasteiger partial charge in [0.2, 0.25) is 0 Å². The van der Waals surface area contributed by atoms with E-state index >= 15 is 0 Å². The quantitative estimate of drug-likeness (QED) is 0.680. The molecule has 90 valence electrons. The SMILES string of the molecule is C=C(Cl)/C=C\C=C(\c1ccncc1)C(C)CC. The van der Waals surface area contributed by atoms with E-state index in [0.29, 0.717) is 11.0 Å². The second-order valence-electron chi connectivity index (χ2n) is 3.97. The van der Waals surface area contributed by atoms with Crippen LogP contribution in [0.25, 0.3) is 5.57 Å². The van der Waals surface area contributed by atoms with Crippen LogP contribution in [0.5, 0.6) is 0 Å². The van der Waals surface area contributed by atoms with Crippen molar-refractivity contribution in [3.8, 4) is 0 Å². The van der Waals surface area contributed by atoms with Crippen molar-refractivity contribution >= 4 is 17.2 Å².